The average molecular weight is 276 g/mol. The van der Waals surface area contributed by atoms with E-state index in [0.717, 1.165) is 31.6 Å². The molecule has 0 bridgehead atoms. The summed E-state index contributed by atoms with van der Waals surface area (Å²) in [6.07, 6.45) is 1.81. The van der Waals surface area contributed by atoms with Gasteiger partial charge in [-0.05, 0) is 24.3 Å². The number of anilines is 2. The maximum absolute atomic E-state index is 11.0. The molecule has 5 nitrogen and oxygen atoms in total. The van der Waals surface area contributed by atoms with Crippen LogP contribution in [0.4, 0.5) is 11.4 Å². The quantitative estimate of drug-likeness (QED) is 0.897. The monoisotopic (exact) mass is 276 g/mol. The topological polar surface area (TPSA) is 50.8 Å². The molecule has 108 valence electrons. The second kappa shape index (κ2) is 5.42. The lowest BCUT2D eigenvalue weighted by molar-refractivity contribution is -0.169. The first-order valence-electron chi connectivity index (χ1n) is 7.07. The van der Waals surface area contributed by atoms with Gasteiger partial charge in [0.05, 0.1) is 13.2 Å². The predicted octanol–water partition coefficient (Wildman–Crippen LogP) is 1.99. The van der Waals surface area contributed by atoms with E-state index in [1.165, 1.54) is 12.6 Å². The van der Waals surface area contributed by atoms with Crippen LogP contribution in [0.25, 0.3) is 0 Å². The minimum absolute atomic E-state index is 0.0480. The first-order valence-corrected chi connectivity index (χ1v) is 7.07. The molecule has 0 radical (unpaired) electrons. The van der Waals surface area contributed by atoms with E-state index in [1.807, 2.05) is 24.3 Å². The van der Waals surface area contributed by atoms with Gasteiger partial charge in [0.1, 0.15) is 0 Å². The number of carbonyl (C=O) groups is 1. The summed E-state index contributed by atoms with van der Waals surface area (Å²) in [7, 11) is 0. The molecule has 0 unspecified atom stereocenters. The van der Waals surface area contributed by atoms with Crippen molar-refractivity contribution >= 4 is 17.3 Å². The highest BCUT2D eigenvalue weighted by molar-refractivity contribution is 5.88. The van der Waals surface area contributed by atoms with Gasteiger partial charge in [-0.15, -0.1) is 0 Å². The zero-order chi connectivity index (χ0) is 14.0. The average Bonchev–Trinajstić information content (AvgIpc) is 2.89. The summed E-state index contributed by atoms with van der Waals surface area (Å²) in [5.74, 6) is -0.375. The van der Waals surface area contributed by atoms with Gasteiger partial charge in [0.25, 0.3) is 0 Å². The Balaban J connectivity index is 1.61. The molecule has 2 heterocycles. The highest BCUT2D eigenvalue weighted by Crippen LogP contribution is 2.33. The van der Waals surface area contributed by atoms with Crippen LogP contribution < -0.4 is 10.2 Å². The largest absolute Gasteiger partial charge is 0.371 e. The molecule has 20 heavy (non-hydrogen) atoms. The molecule has 1 N–H and O–H groups in total. The number of ether oxygens (including phenoxy) is 2. The second-order valence-electron chi connectivity index (χ2n) is 5.32. The molecule has 5 heteroatoms. The number of amides is 1. The molecule has 1 aromatic rings. The Morgan fingerprint density at radius 3 is 2.30 bits per heavy atom. The van der Waals surface area contributed by atoms with E-state index in [0.29, 0.717) is 13.2 Å². The zero-order valence-corrected chi connectivity index (χ0v) is 11.7. The fraction of sp³-hybridized carbons (Fsp3) is 0.533. The number of nitrogens with one attached hydrogen (secondary N) is 1. The van der Waals surface area contributed by atoms with Crippen molar-refractivity contribution in [2.45, 2.75) is 25.6 Å². The molecule has 0 saturated carbocycles. The Bertz CT molecular complexity index is 470. The summed E-state index contributed by atoms with van der Waals surface area (Å²) in [5, 5.41) is 2.78. The van der Waals surface area contributed by atoms with Gasteiger partial charge in [-0.3, -0.25) is 4.79 Å². The highest BCUT2D eigenvalue weighted by atomic mass is 16.7. The number of nitrogens with zero attached hydrogens (tertiary/aromatic N) is 1. The minimum atomic E-state index is -0.327. The third-order valence-corrected chi connectivity index (χ3v) is 3.89. The van der Waals surface area contributed by atoms with Crippen LogP contribution in [-0.2, 0) is 14.3 Å². The minimum Gasteiger partial charge on any atom is -0.371 e. The molecule has 2 saturated heterocycles. The molecule has 3 rings (SSSR count). The van der Waals surface area contributed by atoms with Gasteiger partial charge in [-0.2, -0.15) is 0 Å². The Morgan fingerprint density at radius 1 is 1.15 bits per heavy atom. The molecule has 0 atom stereocenters. The molecule has 0 aromatic heterocycles. The molecule has 1 amide bonds. The van der Waals surface area contributed by atoms with Crippen LogP contribution in [0.2, 0.25) is 0 Å². The van der Waals surface area contributed by atoms with Crippen LogP contribution in [0.3, 0.4) is 0 Å². The van der Waals surface area contributed by atoms with E-state index in [1.54, 1.807) is 0 Å². The van der Waals surface area contributed by atoms with Crippen molar-refractivity contribution in [2.24, 2.45) is 0 Å². The van der Waals surface area contributed by atoms with Gasteiger partial charge >= 0.3 is 0 Å². The maximum Gasteiger partial charge on any atom is 0.221 e. The summed E-state index contributed by atoms with van der Waals surface area (Å²) < 4.78 is 11.5. The lowest BCUT2D eigenvalue weighted by Crippen LogP contribution is -2.45. The van der Waals surface area contributed by atoms with Crippen LogP contribution in [0.1, 0.15) is 19.8 Å². The zero-order valence-electron chi connectivity index (χ0n) is 11.7. The first-order chi connectivity index (χ1) is 9.67. The van der Waals surface area contributed by atoms with Crippen LogP contribution in [0.15, 0.2) is 24.3 Å². The number of carbonyl (C=O) groups excluding carboxylic acids is 1. The van der Waals surface area contributed by atoms with E-state index in [2.05, 4.69) is 10.2 Å². The summed E-state index contributed by atoms with van der Waals surface area (Å²) in [6.45, 7) is 4.80. The van der Waals surface area contributed by atoms with Gasteiger partial charge in [0.15, 0.2) is 5.79 Å². The molecule has 2 fully saturated rings. The SMILES string of the molecule is CC(=O)Nc1ccc(N2CCC3(CC2)OCCO3)cc1. The van der Waals surface area contributed by atoms with E-state index in [9.17, 15) is 4.79 Å². The van der Waals surface area contributed by atoms with E-state index < -0.39 is 0 Å². The summed E-state index contributed by atoms with van der Waals surface area (Å²) >= 11 is 0. The summed E-state index contributed by atoms with van der Waals surface area (Å²) in [4.78, 5) is 13.3. The number of rotatable bonds is 2. The molecular weight excluding hydrogens is 256 g/mol. The van der Waals surface area contributed by atoms with Gasteiger partial charge in [-0.1, -0.05) is 0 Å². The first kappa shape index (κ1) is 13.4. The number of benzene rings is 1. The van der Waals surface area contributed by atoms with Gasteiger partial charge < -0.3 is 19.7 Å². The van der Waals surface area contributed by atoms with Crippen molar-refractivity contribution in [1.29, 1.82) is 0 Å². The lowest BCUT2D eigenvalue weighted by atomic mass is 10.0. The highest BCUT2D eigenvalue weighted by Gasteiger charge is 2.39. The van der Waals surface area contributed by atoms with E-state index in [4.69, 9.17) is 9.47 Å². The van der Waals surface area contributed by atoms with E-state index >= 15 is 0 Å². The summed E-state index contributed by atoms with van der Waals surface area (Å²) in [6, 6.07) is 7.95. The smallest absolute Gasteiger partial charge is 0.221 e. The van der Waals surface area contributed by atoms with Crippen molar-refractivity contribution in [3.8, 4) is 0 Å². The normalized spacial score (nSPS) is 21.1. The van der Waals surface area contributed by atoms with E-state index in [-0.39, 0.29) is 11.7 Å². The van der Waals surface area contributed by atoms with Crippen molar-refractivity contribution in [3.05, 3.63) is 24.3 Å². The maximum atomic E-state index is 11.0. The third-order valence-electron chi connectivity index (χ3n) is 3.89. The van der Waals surface area contributed by atoms with Gasteiger partial charge in [0.2, 0.25) is 5.91 Å². The Kier molecular flexibility index (Phi) is 3.63. The third kappa shape index (κ3) is 2.78. The number of hydrogen-bond acceptors (Lipinski definition) is 4. The van der Waals surface area contributed by atoms with Crippen LogP contribution in [-0.4, -0.2) is 38.0 Å². The Morgan fingerprint density at radius 2 is 1.75 bits per heavy atom. The van der Waals surface area contributed by atoms with Crippen molar-refractivity contribution in [2.75, 3.05) is 36.5 Å². The predicted molar refractivity (Wildman–Crippen MR) is 76.8 cm³/mol. The second-order valence-corrected chi connectivity index (χ2v) is 5.32. The van der Waals surface area contributed by atoms with Crippen LogP contribution in [0.5, 0.6) is 0 Å². The standard InChI is InChI=1S/C15H20N2O3/c1-12(18)16-13-2-4-14(5-3-13)17-8-6-15(7-9-17)19-10-11-20-15/h2-5H,6-11H2,1H3,(H,16,18). The molecule has 1 aromatic carbocycles. The van der Waals surface area contributed by atoms with Gasteiger partial charge in [-0.25, -0.2) is 0 Å². The molecular formula is C15H20N2O3. The van der Waals surface area contributed by atoms with Crippen molar-refractivity contribution < 1.29 is 14.3 Å². The molecule has 1 spiro atoms. The number of piperidine rings is 1. The Hall–Kier alpha value is -1.59. The van der Waals surface area contributed by atoms with Crippen molar-refractivity contribution in [3.63, 3.8) is 0 Å². The summed E-state index contributed by atoms with van der Waals surface area (Å²) in [5.41, 5.74) is 2.00. The Labute approximate surface area is 118 Å². The van der Waals surface area contributed by atoms with Crippen molar-refractivity contribution in [1.82, 2.24) is 0 Å². The molecule has 2 aliphatic heterocycles. The van der Waals surface area contributed by atoms with Crippen LogP contribution >= 0.6 is 0 Å². The van der Waals surface area contributed by atoms with Crippen LogP contribution in [0, 0.1) is 0 Å². The van der Waals surface area contributed by atoms with Gasteiger partial charge in [0, 0.05) is 44.2 Å². The number of hydrogen-bond donors (Lipinski definition) is 1. The fourth-order valence-corrected chi connectivity index (χ4v) is 2.85. The molecule has 2 aliphatic rings. The molecule has 0 aliphatic carbocycles. The fourth-order valence-electron chi connectivity index (χ4n) is 2.85. The lowest BCUT2D eigenvalue weighted by Gasteiger charge is -2.38.